The first-order valence-corrected chi connectivity index (χ1v) is 18.5. The van der Waals surface area contributed by atoms with E-state index in [1.807, 2.05) is 34.8 Å². The zero-order chi connectivity index (χ0) is 32.5. The van der Waals surface area contributed by atoms with Crippen molar-refractivity contribution >= 4 is 118 Å². The number of benzene rings is 8. The largest absolute Gasteiger partial charge is 0.452 e. The topological polar surface area (TPSA) is 26.3 Å². The van der Waals surface area contributed by atoms with Gasteiger partial charge < -0.3 is 8.83 Å². The van der Waals surface area contributed by atoms with Gasteiger partial charge >= 0.3 is 0 Å². The van der Waals surface area contributed by atoms with Crippen LogP contribution in [0, 0.1) is 0 Å². The zero-order valence-corrected chi connectivity index (χ0v) is 28.1. The van der Waals surface area contributed by atoms with Gasteiger partial charge in [0.2, 0.25) is 0 Å². The second kappa shape index (κ2) is 9.82. The molecule has 0 saturated carbocycles. The molecule has 4 heterocycles. The van der Waals surface area contributed by atoms with Crippen LogP contribution in [0.15, 0.2) is 154 Å². The predicted octanol–water partition coefficient (Wildman–Crippen LogP) is 14.7. The van der Waals surface area contributed by atoms with E-state index in [-0.39, 0.29) is 0 Å². The highest BCUT2D eigenvalue weighted by atomic mass is 32.1. The van der Waals surface area contributed by atoms with Crippen LogP contribution in [0.3, 0.4) is 0 Å². The van der Waals surface area contributed by atoms with E-state index < -0.39 is 0 Å². The Morgan fingerprint density at radius 3 is 1.74 bits per heavy atom. The van der Waals surface area contributed by atoms with Gasteiger partial charge in [-0.1, -0.05) is 91.0 Å². The van der Waals surface area contributed by atoms with Crippen molar-refractivity contribution in [2.75, 3.05) is 0 Å². The van der Waals surface area contributed by atoms with Crippen molar-refractivity contribution in [3.63, 3.8) is 0 Å². The van der Waals surface area contributed by atoms with Crippen molar-refractivity contribution in [1.29, 1.82) is 0 Å². The van der Waals surface area contributed by atoms with Gasteiger partial charge in [0, 0.05) is 51.8 Å². The van der Waals surface area contributed by atoms with Gasteiger partial charge in [0.15, 0.2) is 11.2 Å². The van der Waals surface area contributed by atoms with E-state index in [1.165, 1.54) is 74.1 Å². The van der Waals surface area contributed by atoms with E-state index in [9.17, 15) is 0 Å². The third-order valence-corrected chi connectivity index (χ3v) is 12.6. The van der Waals surface area contributed by atoms with Crippen molar-refractivity contribution < 1.29 is 8.83 Å². The predicted molar refractivity (Wildman–Crippen MR) is 215 cm³/mol. The van der Waals surface area contributed by atoms with Crippen LogP contribution in [-0.4, -0.2) is 0 Å². The SMILES string of the molecule is c1ccc2c(c1)oc1c2ccc2c3cc(-c4c5ccccc5c(-c5cc6sccc6c6sc7ccccc7c56)c5ccccc45)ccc3oc21. The lowest BCUT2D eigenvalue weighted by Crippen LogP contribution is -1.91. The summed E-state index contributed by atoms with van der Waals surface area (Å²) in [6, 6.07) is 50.7. The summed E-state index contributed by atoms with van der Waals surface area (Å²) in [6.45, 7) is 0. The molecule has 0 N–H and O–H groups in total. The van der Waals surface area contributed by atoms with Crippen LogP contribution in [0.25, 0.3) is 118 Å². The Labute approximate surface area is 293 Å². The van der Waals surface area contributed by atoms with Gasteiger partial charge in [-0.25, -0.2) is 0 Å². The molecule has 0 atom stereocenters. The summed E-state index contributed by atoms with van der Waals surface area (Å²) >= 11 is 3.74. The van der Waals surface area contributed by atoms with E-state index >= 15 is 0 Å². The molecular formula is C46H24O2S2. The van der Waals surface area contributed by atoms with Crippen molar-refractivity contribution in [1.82, 2.24) is 0 Å². The molecule has 0 bridgehead atoms. The van der Waals surface area contributed by atoms with Crippen LogP contribution in [0.5, 0.6) is 0 Å². The molecule has 0 radical (unpaired) electrons. The molecule has 12 rings (SSSR count). The molecule has 4 aromatic heterocycles. The van der Waals surface area contributed by atoms with E-state index in [0.717, 1.165) is 43.9 Å². The highest BCUT2D eigenvalue weighted by molar-refractivity contribution is 7.27. The minimum Gasteiger partial charge on any atom is -0.452 e. The molecule has 0 unspecified atom stereocenters. The van der Waals surface area contributed by atoms with Crippen LogP contribution in [0.4, 0.5) is 0 Å². The lowest BCUT2D eigenvalue weighted by atomic mass is 9.84. The lowest BCUT2D eigenvalue weighted by molar-refractivity contribution is 0.633. The second-order valence-electron chi connectivity index (χ2n) is 13.1. The lowest BCUT2D eigenvalue weighted by Gasteiger charge is -2.18. The Balaban J connectivity index is 1.18. The quantitative estimate of drug-likeness (QED) is 0.171. The molecule has 0 amide bonds. The summed E-state index contributed by atoms with van der Waals surface area (Å²) in [6.07, 6.45) is 0. The molecule has 0 aliphatic carbocycles. The molecule has 232 valence electrons. The molecule has 4 heteroatoms. The monoisotopic (exact) mass is 672 g/mol. The van der Waals surface area contributed by atoms with Gasteiger partial charge in [-0.15, -0.1) is 22.7 Å². The number of hydrogen-bond donors (Lipinski definition) is 0. The summed E-state index contributed by atoms with van der Waals surface area (Å²) in [5, 5.41) is 15.6. The number of rotatable bonds is 2. The maximum absolute atomic E-state index is 6.54. The molecule has 12 aromatic rings. The van der Waals surface area contributed by atoms with E-state index in [0.29, 0.717) is 0 Å². The molecule has 50 heavy (non-hydrogen) atoms. The number of thiophene rings is 2. The standard InChI is InChI=1S/C46H24O2S2/c1-3-12-29-27(10-1)41(25-17-20-38-35(23-25)32-19-18-31-26-9-5-7-15-37(26)47-44(31)45(32)48-38)28-11-2-4-13-30(28)42(29)36-24-40-34(21-22-49-40)46-43(36)33-14-6-8-16-39(33)50-46/h1-24H. The zero-order valence-electron chi connectivity index (χ0n) is 26.5. The van der Waals surface area contributed by atoms with E-state index in [2.05, 4.69) is 133 Å². The average Bonchev–Trinajstić information content (AvgIpc) is 3.95. The Bertz CT molecular complexity index is 3330. The Morgan fingerprint density at radius 2 is 1.00 bits per heavy atom. The fraction of sp³-hybridized carbons (Fsp3) is 0. The van der Waals surface area contributed by atoms with Crippen LogP contribution >= 0.6 is 22.7 Å². The number of para-hydroxylation sites is 1. The van der Waals surface area contributed by atoms with Gasteiger partial charge in [-0.05, 0) is 97.7 Å². The van der Waals surface area contributed by atoms with Gasteiger partial charge in [-0.3, -0.25) is 0 Å². The first kappa shape index (κ1) is 26.9. The fourth-order valence-electron chi connectivity index (χ4n) is 8.43. The van der Waals surface area contributed by atoms with Gasteiger partial charge in [0.25, 0.3) is 0 Å². The minimum absolute atomic E-state index is 0.798. The summed E-state index contributed by atoms with van der Waals surface area (Å²) in [4.78, 5) is 0. The van der Waals surface area contributed by atoms with Crippen LogP contribution in [-0.2, 0) is 0 Å². The van der Waals surface area contributed by atoms with Crippen LogP contribution < -0.4 is 0 Å². The third kappa shape index (κ3) is 3.51. The minimum atomic E-state index is 0.798. The maximum atomic E-state index is 6.54. The van der Waals surface area contributed by atoms with Crippen molar-refractivity contribution in [3.05, 3.63) is 145 Å². The summed E-state index contributed by atoms with van der Waals surface area (Å²) in [7, 11) is 0. The molecular weight excluding hydrogens is 649 g/mol. The average molecular weight is 673 g/mol. The maximum Gasteiger partial charge on any atom is 0.178 e. The molecule has 0 saturated heterocycles. The smallest absolute Gasteiger partial charge is 0.178 e. The molecule has 8 aromatic carbocycles. The summed E-state index contributed by atoms with van der Waals surface area (Å²) in [5.74, 6) is 0. The molecule has 0 fully saturated rings. The van der Waals surface area contributed by atoms with Crippen LogP contribution in [0.2, 0.25) is 0 Å². The summed E-state index contributed by atoms with van der Waals surface area (Å²) < 4.78 is 16.9. The van der Waals surface area contributed by atoms with Crippen molar-refractivity contribution in [2.24, 2.45) is 0 Å². The summed E-state index contributed by atoms with van der Waals surface area (Å²) in [5.41, 5.74) is 8.35. The van der Waals surface area contributed by atoms with Crippen molar-refractivity contribution in [2.45, 2.75) is 0 Å². The van der Waals surface area contributed by atoms with E-state index in [4.69, 9.17) is 8.83 Å². The Morgan fingerprint density at radius 1 is 0.400 bits per heavy atom. The molecule has 0 aliphatic heterocycles. The molecule has 2 nitrogen and oxygen atoms in total. The first-order chi connectivity index (χ1) is 24.8. The molecule has 0 spiro atoms. The number of furan rings is 2. The second-order valence-corrected chi connectivity index (χ2v) is 15.1. The first-order valence-electron chi connectivity index (χ1n) is 16.8. The van der Waals surface area contributed by atoms with Crippen molar-refractivity contribution in [3.8, 4) is 22.3 Å². The number of hydrogen-bond acceptors (Lipinski definition) is 4. The van der Waals surface area contributed by atoms with Gasteiger partial charge in [0.05, 0.1) is 0 Å². The van der Waals surface area contributed by atoms with Gasteiger partial charge in [-0.2, -0.15) is 0 Å². The highest BCUT2D eigenvalue weighted by Gasteiger charge is 2.22. The highest BCUT2D eigenvalue weighted by Crippen LogP contribution is 2.51. The number of fused-ring (bicyclic) bond motifs is 14. The van der Waals surface area contributed by atoms with Gasteiger partial charge in [0.1, 0.15) is 11.2 Å². The van der Waals surface area contributed by atoms with Crippen LogP contribution in [0.1, 0.15) is 0 Å². The third-order valence-electron chi connectivity index (χ3n) is 10.6. The Hall–Kier alpha value is -5.94. The van der Waals surface area contributed by atoms with E-state index in [1.54, 1.807) is 0 Å². The fourth-order valence-corrected chi connectivity index (χ4v) is 10.6. The normalized spacial score (nSPS) is 12.4. The Kier molecular flexibility index (Phi) is 5.29. The molecule has 0 aliphatic rings.